The van der Waals surface area contributed by atoms with Crippen molar-refractivity contribution >= 4 is 28.1 Å². The van der Waals surface area contributed by atoms with Crippen molar-refractivity contribution in [3.63, 3.8) is 0 Å². The third-order valence-electron chi connectivity index (χ3n) is 5.94. The number of hydrogen-bond acceptors (Lipinski definition) is 7. The second-order valence-electron chi connectivity index (χ2n) is 8.36. The van der Waals surface area contributed by atoms with E-state index in [1.165, 1.54) is 19.0 Å². The average Bonchev–Trinajstić information content (AvgIpc) is 3.57. The van der Waals surface area contributed by atoms with Crippen molar-refractivity contribution in [2.24, 2.45) is 11.7 Å². The second-order valence-corrected chi connectivity index (χ2v) is 8.36. The molecule has 2 aliphatic rings. The molecule has 9 nitrogen and oxygen atoms in total. The van der Waals surface area contributed by atoms with Crippen LogP contribution in [0, 0.1) is 5.92 Å². The summed E-state index contributed by atoms with van der Waals surface area (Å²) in [6, 6.07) is 5.89. The van der Waals surface area contributed by atoms with Crippen LogP contribution in [0.4, 0.5) is 5.69 Å². The largest absolute Gasteiger partial charge is 0.491 e. The summed E-state index contributed by atoms with van der Waals surface area (Å²) in [6.45, 7) is 2.62. The number of ether oxygens (including phenoxy) is 1. The minimum absolute atomic E-state index is 0.198. The van der Waals surface area contributed by atoms with E-state index in [9.17, 15) is 4.79 Å². The number of anilines is 1. The van der Waals surface area contributed by atoms with Gasteiger partial charge in [0.1, 0.15) is 5.75 Å². The highest BCUT2D eigenvalue weighted by Crippen LogP contribution is 2.35. The molecular formula is C23H27N7O2. The average molecular weight is 434 g/mol. The Hall–Kier alpha value is -3.46. The van der Waals surface area contributed by atoms with Gasteiger partial charge in [0.25, 0.3) is 5.91 Å². The van der Waals surface area contributed by atoms with Crippen molar-refractivity contribution in [3.05, 3.63) is 48.8 Å². The Bertz CT molecular complexity index is 1130. The fourth-order valence-corrected chi connectivity index (χ4v) is 3.92. The van der Waals surface area contributed by atoms with Crippen molar-refractivity contribution < 1.29 is 9.53 Å². The van der Waals surface area contributed by atoms with Crippen LogP contribution < -0.4 is 21.1 Å². The van der Waals surface area contributed by atoms with E-state index in [1.807, 2.05) is 23.0 Å². The Morgan fingerprint density at radius 3 is 2.72 bits per heavy atom. The third kappa shape index (κ3) is 4.43. The molecule has 0 spiro atoms. The van der Waals surface area contributed by atoms with Gasteiger partial charge in [-0.2, -0.15) is 5.10 Å². The van der Waals surface area contributed by atoms with E-state index in [-0.39, 0.29) is 17.3 Å². The molecule has 1 aliphatic heterocycles. The molecule has 32 heavy (non-hydrogen) atoms. The van der Waals surface area contributed by atoms with E-state index in [2.05, 4.69) is 20.6 Å². The summed E-state index contributed by atoms with van der Waals surface area (Å²) < 4.78 is 8.13. The van der Waals surface area contributed by atoms with Crippen LogP contribution in [0.2, 0.25) is 0 Å². The number of carbonyl (C=O) groups excluding carboxylic acids is 1. The van der Waals surface area contributed by atoms with Crippen molar-refractivity contribution in [1.29, 1.82) is 0 Å². The number of rotatable bonds is 7. The molecule has 1 aliphatic carbocycles. The van der Waals surface area contributed by atoms with E-state index >= 15 is 0 Å². The summed E-state index contributed by atoms with van der Waals surface area (Å²) in [4.78, 5) is 21.3. The predicted octanol–water partition coefficient (Wildman–Crippen LogP) is 2.48. The van der Waals surface area contributed by atoms with Gasteiger partial charge in [0, 0.05) is 36.2 Å². The summed E-state index contributed by atoms with van der Waals surface area (Å²) in [5.74, 6) is 1.07. The van der Waals surface area contributed by atoms with Gasteiger partial charge in [0.2, 0.25) is 0 Å². The Balaban J connectivity index is 1.45. The first-order valence-electron chi connectivity index (χ1n) is 11.1. The molecule has 5 rings (SSSR count). The zero-order chi connectivity index (χ0) is 21.9. The molecule has 2 aromatic heterocycles. The number of nitrogens with one attached hydrogen (secondary N) is 2. The standard InChI is InChI=1S/C23H27N7O2/c24-12-18(22-26-6-1-7-27-22)23(31)28-20-10-16-13-30(17-4-8-25-9-5-17)29-19(16)11-21(20)32-14-15-2-3-15/h1,6-7,10-13,15,17,25H,2-5,8-9,14,24H2,(H,28,31)/b18-12+. The summed E-state index contributed by atoms with van der Waals surface area (Å²) in [6.07, 6.45) is 10.9. The maximum absolute atomic E-state index is 13.0. The Labute approximate surface area is 186 Å². The van der Waals surface area contributed by atoms with Crippen molar-refractivity contribution in [1.82, 2.24) is 25.1 Å². The molecule has 0 radical (unpaired) electrons. The first kappa shape index (κ1) is 20.4. The molecule has 1 amide bonds. The first-order valence-corrected chi connectivity index (χ1v) is 11.1. The minimum atomic E-state index is -0.389. The SMILES string of the molecule is N/C=C(/C(=O)Nc1cc2cn(C3CCNCC3)nc2cc1OCC1CC1)c1ncccn1. The number of nitrogens with zero attached hydrogens (tertiary/aromatic N) is 4. The molecule has 0 bridgehead atoms. The molecule has 166 valence electrons. The van der Waals surface area contributed by atoms with Crippen LogP contribution in [0.5, 0.6) is 5.75 Å². The molecule has 1 saturated heterocycles. The number of benzene rings is 1. The van der Waals surface area contributed by atoms with Crippen molar-refractivity contribution in [2.45, 2.75) is 31.7 Å². The lowest BCUT2D eigenvalue weighted by molar-refractivity contribution is -0.111. The van der Waals surface area contributed by atoms with Crippen LogP contribution in [0.1, 0.15) is 37.5 Å². The van der Waals surface area contributed by atoms with Crippen LogP contribution >= 0.6 is 0 Å². The molecule has 2 fully saturated rings. The monoisotopic (exact) mass is 433 g/mol. The number of aromatic nitrogens is 4. The van der Waals surface area contributed by atoms with Crippen LogP contribution in [0.3, 0.4) is 0 Å². The lowest BCUT2D eigenvalue weighted by Crippen LogP contribution is -2.29. The van der Waals surface area contributed by atoms with Crippen LogP contribution in [-0.2, 0) is 4.79 Å². The lowest BCUT2D eigenvalue weighted by atomic mass is 10.1. The van der Waals surface area contributed by atoms with E-state index in [1.54, 1.807) is 18.5 Å². The fourth-order valence-electron chi connectivity index (χ4n) is 3.92. The summed E-state index contributed by atoms with van der Waals surface area (Å²) in [7, 11) is 0. The molecule has 1 saturated carbocycles. The van der Waals surface area contributed by atoms with Gasteiger partial charge in [-0.05, 0) is 56.8 Å². The zero-order valence-corrected chi connectivity index (χ0v) is 17.8. The highest BCUT2D eigenvalue weighted by atomic mass is 16.5. The third-order valence-corrected chi connectivity index (χ3v) is 5.94. The second kappa shape index (κ2) is 8.96. The molecule has 9 heteroatoms. The van der Waals surface area contributed by atoms with Crippen molar-refractivity contribution in [3.8, 4) is 5.75 Å². The maximum Gasteiger partial charge on any atom is 0.261 e. The normalized spacial score (nSPS) is 17.4. The molecule has 3 aromatic rings. The number of fused-ring (bicyclic) bond motifs is 1. The summed E-state index contributed by atoms with van der Waals surface area (Å²) >= 11 is 0. The van der Waals surface area contributed by atoms with Crippen LogP contribution in [0.25, 0.3) is 16.5 Å². The van der Waals surface area contributed by atoms with E-state index < -0.39 is 0 Å². The van der Waals surface area contributed by atoms with Gasteiger partial charge in [-0.3, -0.25) is 9.48 Å². The topological polar surface area (TPSA) is 120 Å². The van der Waals surface area contributed by atoms with Crippen LogP contribution in [0.15, 0.2) is 43.0 Å². The molecule has 3 heterocycles. The van der Waals surface area contributed by atoms with Crippen molar-refractivity contribution in [2.75, 3.05) is 25.0 Å². The van der Waals surface area contributed by atoms with Gasteiger partial charge < -0.3 is 21.1 Å². The fraction of sp³-hybridized carbons (Fsp3) is 0.391. The van der Waals surface area contributed by atoms with Gasteiger partial charge in [-0.15, -0.1) is 0 Å². The smallest absolute Gasteiger partial charge is 0.261 e. The number of nitrogens with two attached hydrogens (primary N) is 1. The van der Waals surface area contributed by atoms with E-state index in [0.29, 0.717) is 30.0 Å². The van der Waals surface area contributed by atoms with Gasteiger partial charge in [0.05, 0.1) is 29.4 Å². The Morgan fingerprint density at radius 2 is 2.00 bits per heavy atom. The molecule has 0 atom stereocenters. The van der Waals surface area contributed by atoms with Gasteiger partial charge in [-0.1, -0.05) is 0 Å². The number of carbonyl (C=O) groups is 1. The molecule has 0 unspecified atom stereocenters. The summed E-state index contributed by atoms with van der Waals surface area (Å²) in [5.41, 5.74) is 7.37. The first-order chi connectivity index (χ1) is 15.7. The highest BCUT2D eigenvalue weighted by Gasteiger charge is 2.24. The maximum atomic E-state index is 13.0. The summed E-state index contributed by atoms with van der Waals surface area (Å²) in [5, 5.41) is 12.1. The molecule has 1 aromatic carbocycles. The van der Waals surface area contributed by atoms with E-state index in [4.69, 9.17) is 15.6 Å². The Morgan fingerprint density at radius 1 is 1.22 bits per heavy atom. The highest BCUT2D eigenvalue weighted by molar-refractivity contribution is 6.24. The molecule has 4 N–H and O–H groups in total. The van der Waals surface area contributed by atoms with Crippen LogP contribution in [-0.4, -0.2) is 45.4 Å². The predicted molar refractivity (Wildman–Crippen MR) is 122 cm³/mol. The molecular weight excluding hydrogens is 406 g/mol. The van der Waals surface area contributed by atoms with Gasteiger partial charge in [-0.25, -0.2) is 9.97 Å². The van der Waals surface area contributed by atoms with E-state index in [0.717, 1.165) is 36.8 Å². The quantitative estimate of drug-likeness (QED) is 0.490. The number of hydrogen-bond donors (Lipinski definition) is 3. The van der Waals surface area contributed by atoms with Gasteiger partial charge in [0.15, 0.2) is 5.82 Å². The Kier molecular flexibility index (Phi) is 5.72. The number of amides is 1. The zero-order valence-electron chi connectivity index (χ0n) is 17.8. The number of piperidine rings is 1. The van der Waals surface area contributed by atoms with Gasteiger partial charge >= 0.3 is 0 Å². The minimum Gasteiger partial charge on any atom is -0.491 e. The lowest BCUT2D eigenvalue weighted by Gasteiger charge is -2.22.